The van der Waals surface area contributed by atoms with Crippen LogP contribution in [0.15, 0.2) is 266 Å². The maximum absolute atomic E-state index is 14.7. The monoisotopic (exact) mass is 1760 g/mol. The lowest BCUT2D eigenvalue weighted by Gasteiger charge is -2.15. The number of nitrogens with one attached hydrogen (secondary N) is 4. The highest BCUT2D eigenvalue weighted by atomic mass is 79.9. The van der Waals surface area contributed by atoms with Crippen molar-refractivity contribution in [3.63, 3.8) is 0 Å². The number of hydrogen-bond acceptors (Lipinski definition) is 12. The van der Waals surface area contributed by atoms with E-state index in [1.54, 1.807) is 107 Å². The molecule has 0 unspecified atom stereocenters. The number of fused-ring (bicyclic) bond motifs is 4. The Morgan fingerprint density at radius 3 is 0.894 bits per heavy atom. The van der Waals surface area contributed by atoms with Gasteiger partial charge in [0.25, 0.3) is 23.6 Å². The van der Waals surface area contributed by atoms with Gasteiger partial charge in [-0.15, -0.1) is 0 Å². The van der Waals surface area contributed by atoms with Crippen LogP contribution < -0.4 is 67.0 Å². The molecular formula is C89H72BrClF8N16O8. The third-order valence-electron chi connectivity index (χ3n) is 20.2. The van der Waals surface area contributed by atoms with E-state index in [9.17, 15) is 73.5 Å². The number of rotatable bonds is 16. The first-order valence-corrected chi connectivity index (χ1v) is 38.4. The lowest BCUT2D eigenvalue weighted by molar-refractivity contribution is -0.138. The van der Waals surface area contributed by atoms with Crippen LogP contribution >= 0.6 is 27.5 Å². The van der Waals surface area contributed by atoms with E-state index < -0.39 is 64.2 Å². The van der Waals surface area contributed by atoms with Crippen LogP contribution in [-0.2, 0) is 60.5 Å². The molecule has 0 atom stereocenters. The van der Waals surface area contributed by atoms with Gasteiger partial charge in [0, 0.05) is 65.5 Å². The molecule has 0 fully saturated rings. The summed E-state index contributed by atoms with van der Waals surface area (Å²) in [5.74, 6) is -4.93. The summed E-state index contributed by atoms with van der Waals surface area (Å²) in [7, 11) is 6.66. The number of hydrogen-bond donors (Lipinski definition) is 8. The Labute approximate surface area is 705 Å². The summed E-state index contributed by atoms with van der Waals surface area (Å²) in [4.78, 5) is 100. The lowest BCUT2D eigenvalue weighted by atomic mass is 10.0. The number of aromatic nitrogens is 8. The van der Waals surface area contributed by atoms with Crippen molar-refractivity contribution in [3.8, 4) is 0 Å². The van der Waals surface area contributed by atoms with Gasteiger partial charge in [0.05, 0.1) is 121 Å². The summed E-state index contributed by atoms with van der Waals surface area (Å²) in [6.45, 7) is 0.320. The van der Waals surface area contributed by atoms with Gasteiger partial charge in [-0.3, -0.25) is 55.7 Å². The number of amides is 4. The molecule has 626 valence electrons. The van der Waals surface area contributed by atoms with E-state index in [2.05, 4.69) is 37.2 Å². The third kappa shape index (κ3) is 18.7. The second kappa shape index (κ2) is 35.9. The van der Waals surface area contributed by atoms with E-state index in [1.165, 1.54) is 85.0 Å². The van der Waals surface area contributed by atoms with Crippen LogP contribution in [0.3, 0.4) is 0 Å². The Morgan fingerprint density at radius 2 is 0.593 bits per heavy atom. The fourth-order valence-corrected chi connectivity index (χ4v) is 14.4. The minimum absolute atomic E-state index is 0.0266. The molecule has 12 N–H and O–H groups in total. The first-order chi connectivity index (χ1) is 58.6. The molecule has 0 radical (unpaired) electrons. The van der Waals surface area contributed by atoms with Crippen molar-refractivity contribution in [1.29, 1.82) is 0 Å². The Morgan fingerprint density at radius 1 is 0.333 bits per heavy atom. The lowest BCUT2D eigenvalue weighted by Crippen LogP contribution is -2.24. The van der Waals surface area contributed by atoms with Crippen molar-refractivity contribution in [2.45, 2.75) is 32.4 Å². The number of nitrogens with two attached hydrogens (primary N) is 4. The van der Waals surface area contributed by atoms with Crippen molar-refractivity contribution in [2.75, 3.05) is 44.2 Å². The fraction of sp³-hybridized carbons (Fsp3) is 0.101. The quantitative estimate of drug-likeness (QED) is 0.0331. The van der Waals surface area contributed by atoms with Crippen LogP contribution in [0, 0.1) is 29.1 Å². The van der Waals surface area contributed by atoms with Crippen LogP contribution in [0.25, 0.3) is 44.1 Å². The number of carbonyl (C=O) groups is 4. The van der Waals surface area contributed by atoms with Gasteiger partial charge < -0.3 is 44.2 Å². The molecule has 0 saturated heterocycles. The molecule has 24 nitrogen and oxygen atoms in total. The van der Waals surface area contributed by atoms with E-state index in [1.807, 2.05) is 66.7 Å². The van der Waals surface area contributed by atoms with E-state index in [0.717, 1.165) is 81.7 Å². The topological polar surface area (TPSA) is 328 Å². The van der Waals surface area contributed by atoms with E-state index >= 15 is 0 Å². The zero-order valence-corrected chi connectivity index (χ0v) is 67.7. The summed E-state index contributed by atoms with van der Waals surface area (Å²) >= 11 is 9.91. The average Bonchev–Trinajstić information content (AvgIpc) is 1.65. The number of aryl methyl sites for hydroxylation is 4. The van der Waals surface area contributed by atoms with Gasteiger partial charge in [-0.25, -0.2) is 41.1 Å². The summed E-state index contributed by atoms with van der Waals surface area (Å²) < 4.78 is 122. The van der Waals surface area contributed by atoms with Crippen molar-refractivity contribution in [2.24, 2.45) is 28.2 Å². The first-order valence-electron chi connectivity index (χ1n) is 37.2. The molecule has 0 saturated carbocycles. The zero-order valence-electron chi connectivity index (χ0n) is 65.4. The van der Waals surface area contributed by atoms with Crippen LogP contribution in [0.5, 0.6) is 0 Å². The molecule has 4 amide bonds. The number of para-hydroxylation sites is 8. The summed E-state index contributed by atoms with van der Waals surface area (Å²) in [5.41, 5.74) is 30.0. The SMILES string of the molecule is Cn1c(=O)n(Cc2ccc(C(=O)Nc3ccc(F)cc3N)cc2Br)c2ccccc21.Cn1c(=O)n(Cc2ccc(C(=O)Nc3ccc(F)cc3N)cc2C(F)(F)F)c2ccccc21.Cn1c(=O)n(Cc2ccc(C(=O)Nc3ccc(F)cc3N)cc2Cl)c2ccccc21.Cn1c(=O)n(Cc2ccc(C(=O)Nc3ccc(F)cc3N)cc2F)c2ccccc21. The molecule has 12 aromatic carbocycles. The molecule has 123 heavy (non-hydrogen) atoms. The van der Waals surface area contributed by atoms with E-state index in [0.29, 0.717) is 60.7 Å². The smallest absolute Gasteiger partial charge is 0.397 e. The molecule has 0 spiro atoms. The zero-order chi connectivity index (χ0) is 88.2. The minimum atomic E-state index is -4.77. The minimum Gasteiger partial charge on any atom is -0.397 e. The van der Waals surface area contributed by atoms with E-state index in [4.69, 9.17) is 34.5 Å². The number of nitrogen functional groups attached to an aromatic ring is 4. The maximum Gasteiger partial charge on any atom is 0.416 e. The van der Waals surface area contributed by atoms with Crippen molar-refractivity contribution < 1.29 is 54.3 Å². The highest BCUT2D eigenvalue weighted by Gasteiger charge is 2.35. The second-order valence-corrected chi connectivity index (χ2v) is 29.5. The molecular weight excluding hydrogens is 1690 g/mol. The predicted molar refractivity (Wildman–Crippen MR) is 464 cm³/mol. The number of halogens is 10. The Kier molecular flexibility index (Phi) is 25.1. The van der Waals surface area contributed by atoms with Gasteiger partial charge >= 0.3 is 28.9 Å². The molecule has 34 heteroatoms. The number of anilines is 8. The molecule has 4 heterocycles. The standard InChI is InChI=1S/C23H18F4N4O2.C22H18BrFN4O2.C22H18ClFN4O2.C22H18F2N4O2/c1-30-19-4-2-3-5-20(19)31(22(30)33)12-14-7-6-13(10-16(14)23(25,26)27)21(32)29-18-9-8-15(24)11-17(18)28;2*1-27-19-4-2-3-5-20(19)28(22(27)30)12-14-7-6-13(10-16(14)23)21(29)26-18-9-8-15(24)11-17(18)25;1-27-19-4-2-3-5-20(19)28(22(27)30)12-14-7-6-13(10-16(14)24)21(29)26-18-9-8-15(23)11-17(18)25/h2-11H,12,28H2,1H3,(H,29,32);3*2-11H,12,25H2,1H3,(H,26,29). The largest absolute Gasteiger partial charge is 0.416 e. The molecule has 0 aliphatic rings. The Hall–Kier alpha value is -15.0. The van der Waals surface area contributed by atoms with Crippen molar-refractivity contribution in [3.05, 3.63) is 373 Å². The molecule has 0 aliphatic carbocycles. The van der Waals surface area contributed by atoms with Crippen LogP contribution in [0.2, 0.25) is 5.02 Å². The van der Waals surface area contributed by atoms with Gasteiger partial charge in [0.1, 0.15) is 29.1 Å². The fourth-order valence-electron chi connectivity index (χ4n) is 13.7. The van der Waals surface area contributed by atoms with Gasteiger partial charge in [-0.05, 0) is 187 Å². The second-order valence-electron chi connectivity index (χ2n) is 28.2. The van der Waals surface area contributed by atoms with Crippen molar-refractivity contribution >= 4 is 141 Å². The highest BCUT2D eigenvalue weighted by Crippen LogP contribution is 2.35. The van der Waals surface area contributed by atoms with Gasteiger partial charge in [-0.1, -0.05) is 100 Å². The molecule has 0 bridgehead atoms. The third-order valence-corrected chi connectivity index (χ3v) is 21.3. The average molecular weight is 1760 g/mol. The number of nitrogens with zero attached hydrogens (tertiary/aromatic N) is 8. The van der Waals surface area contributed by atoms with Gasteiger partial charge in [0.15, 0.2) is 0 Å². The van der Waals surface area contributed by atoms with Crippen LogP contribution in [0.4, 0.5) is 80.6 Å². The summed E-state index contributed by atoms with van der Waals surface area (Å²) in [6, 6.07) is 60.6. The first kappa shape index (κ1) is 85.9. The number of imidazole rings is 4. The normalized spacial score (nSPS) is 11.2. The number of benzene rings is 12. The Balaban J connectivity index is 0.000000141. The van der Waals surface area contributed by atoms with E-state index in [-0.39, 0.29) is 99.0 Å². The molecule has 16 rings (SSSR count). The van der Waals surface area contributed by atoms with Crippen LogP contribution in [0.1, 0.15) is 69.2 Å². The highest BCUT2D eigenvalue weighted by molar-refractivity contribution is 9.10. The van der Waals surface area contributed by atoms with Gasteiger partial charge in [-0.2, -0.15) is 13.2 Å². The molecule has 0 aliphatic heterocycles. The summed E-state index contributed by atoms with van der Waals surface area (Å²) in [6.07, 6.45) is -4.77. The molecule has 4 aromatic heterocycles. The van der Waals surface area contributed by atoms with Crippen LogP contribution in [-0.4, -0.2) is 60.2 Å². The predicted octanol–water partition coefficient (Wildman–Crippen LogP) is 16.0. The number of alkyl halides is 3. The number of carbonyl (C=O) groups excluding carboxylic acids is 4. The Bertz CT molecular complexity index is 6660. The maximum atomic E-state index is 14.7. The van der Waals surface area contributed by atoms with Crippen molar-refractivity contribution in [1.82, 2.24) is 36.5 Å². The summed E-state index contributed by atoms with van der Waals surface area (Å²) in [5, 5.41) is 10.6. The molecule has 16 aromatic rings. The van der Waals surface area contributed by atoms with Gasteiger partial charge in [0.2, 0.25) is 0 Å².